The Morgan fingerprint density at radius 3 is 2.86 bits per heavy atom. The van der Waals surface area contributed by atoms with Crippen molar-refractivity contribution in [2.45, 2.75) is 63.6 Å². The summed E-state index contributed by atoms with van der Waals surface area (Å²) < 4.78 is 0. The second-order valence-electron chi connectivity index (χ2n) is 5.81. The molecule has 1 saturated carbocycles. The fourth-order valence-electron chi connectivity index (χ4n) is 3.09. The van der Waals surface area contributed by atoms with Gasteiger partial charge in [0.25, 0.3) is 5.56 Å². The third-order valence-corrected chi connectivity index (χ3v) is 5.11. The Bertz CT molecular complexity index is 483. The van der Waals surface area contributed by atoms with Crippen molar-refractivity contribution in [1.82, 2.24) is 15.3 Å². The minimum Gasteiger partial charge on any atom is -0.313 e. The first-order chi connectivity index (χ1) is 10.2. The fourth-order valence-corrected chi connectivity index (χ4v) is 4.17. The molecule has 0 spiro atoms. The van der Waals surface area contributed by atoms with E-state index in [1.54, 1.807) is 17.8 Å². The van der Waals surface area contributed by atoms with Crippen molar-refractivity contribution in [1.29, 1.82) is 0 Å². The Labute approximate surface area is 131 Å². The van der Waals surface area contributed by atoms with Crippen LogP contribution in [0.4, 0.5) is 0 Å². The lowest BCUT2D eigenvalue weighted by molar-refractivity contribution is 0.394. The zero-order chi connectivity index (χ0) is 15.1. The quantitative estimate of drug-likeness (QED) is 0.572. The molecule has 0 aliphatic heterocycles. The number of rotatable bonds is 8. The molecule has 0 saturated heterocycles. The summed E-state index contributed by atoms with van der Waals surface area (Å²) in [5, 5.41) is 4.38. The van der Waals surface area contributed by atoms with Crippen molar-refractivity contribution in [3.63, 3.8) is 0 Å². The minimum atomic E-state index is -0.0307. The molecule has 4 nitrogen and oxygen atoms in total. The molecule has 1 aromatic heterocycles. The molecule has 1 atom stereocenters. The van der Waals surface area contributed by atoms with Crippen LogP contribution in [0.5, 0.6) is 0 Å². The van der Waals surface area contributed by atoms with Crippen LogP contribution in [0.2, 0.25) is 0 Å². The molecule has 0 radical (unpaired) electrons. The van der Waals surface area contributed by atoms with Crippen LogP contribution in [0.1, 0.15) is 51.6 Å². The van der Waals surface area contributed by atoms with Gasteiger partial charge in [-0.2, -0.15) is 0 Å². The first-order valence-corrected chi connectivity index (χ1v) is 9.18. The molecule has 1 aliphatic rings. The van der Waals surface area contributed by atoms with E-state index in [4.69, 9.17) is 0 Å². The van der Waals surface area contributed by atoms with Gasteiger partial charge in [-0.15, -0.1) is 0 Å². The number of hydrogen-bond acceptors (Lipinski definition) is 4. The molecule has 1 heterocycles. The summed E-state index contributed by atoms with van der Waals surface area (Å²) in [6, 6.07) is 2.15. The van der Waals surface area contributed by atoms with E-state index in [2.05, 4.69) is 29.1 Å². The minimum absolute atomic E-state index is 0.0307. The molecule has 0 amide bonds. The van der Waals surface area contributed by atoms with Gasteiger partial charge in [-0.05, 0) is 31.7 Å². The van der Waals surface area contributed by atoms with E-state index in [1.807, 2.05) is 0 Å². The molecule has 2 rings (SSSR count). The van der Waals surface area contributed by atoms with E-state index in [1.165, 1.54) is 25.7 Å². The van der Waals surface area contributed by atoms with Gasteiger partial charge < -0.3 is 10.3 Å². The first kappa shape index (κ1) is 16.6. The van der Waals surface area contributed by atoms with E-state index in [9.17, 15) is 4.79 Å². The number of aromatic nitrogens is 2. The zero-order valence-corrected chi connectivity index (χ0v) is 14.0. The largest absolute Gasteiger partial charge is 0.313 e. The number of hydrogen-bond donors (Lipinski definition) is 2. The van der Waals surface area contributed by atoms with Gasteiger partial charge in [0.1, 0.15) is 0 Å². The van der Waals surface area contributed by atoms with Crippen molar-refractivity contribution in [3.05, 3.63) is 22.1 Å². The Morgan fingerprint density at radius 1 is 1.43 bits per heavy atom. The molecule has 0 aromatic carbocycles. The lowest BCUT2D eigenvalue weighted by Crippen LogP contribution is -2.37. The average Bonchev–Trinajstić information content (AvgIpc) is 2.97. The lowest BCUT2D eigenvalue weighted by atomic mass is 10.00. The summed E-state index contributed by atoms with van der Waals surface area (Å²) in [5.74, 6) is 1.76. The maximum atomic E-state index is 11.7. The highest BCUT2D eigenvalue weighted by molar-refractivity contribution is 7.99. The summed E-state index contributed by atoms with van der Waals surface area (Å²) in [7, 11) is 0. The van der Waals surface area contributed by atoms with E-state index in [-0.39, 0.29) is 5.56 Å². The molecule has 2 N–H and O–H groups in total. The highest BCUT2D eigenvalue weighted by Crippen LogP contribution is 2.30. The van der Waals surface area contributed by atoms with Crippen molar-refractivity contribution >= 4 is 11.8 Å². The standard InChI is InChI=1S/C16H27N3OS/c1-3-7-13-10-15(20)19-16(18-13)21-11-14(17-4-2)12-8-5-6-9-12/h10,12,14,17H,3-9,11H2,1-2H3,(H,18,19,20). The van der Waals surface area contributed by atoms with Crippen LogP contribution in [-0.4, -0.2) is 28.3 Å². The van der Waals surface area contributed by atoms with Crippen molar-refractivity contribution in [2.75, 3.05) is 12.3 Å². The number of thioether (sulfide) groups is 1. The molecule has 1 fully saturated rings. The molecule has 118 valence electrons. The normalized spacial score (nSPS) is 17.2. The molecule has 1 aliphatic carbocycles. The Morgan fingerprint density at radius 2 is 2.19 bits per heavy atom. The highest BCUT2D eigenvalue weighted by Gasteiger charge is 2.24. The number of aromatic amines is 1. The number of H-pyrrole nitrogens is 1. The fraction of sp³-hybridized carbons (Fsp3) is 0.750. The van der Waals surface area contributed by atoms with Crippen molar-refractivity contribution < 1.29 is 0 Å². The van der Waals surface area contributed by atoms with Gasteiger partial charge in [-0.25, -0.2) is 4.98 Å². The predicted molar refractivity (Wildman–Crippen MR) is 89.0 cm³/mol. The average molecular weight is 309 g/mol. The Balaban J connectivity index is 1.97. The second kappa shape index (κ2) is 8.59. The van der Waals surface area contributed by atoms with Gasteiger partial charge in [-0.1, -0.05) is 44.9 Å². The topological polar surface area (TPSA) is 57.8 Å². The second-order valence-corrected chi connectivity index (χ2v) is 6.82. The van der Waals surface area contributed by atoms with Crippen LogP contribution < -0.4 is 10.9 Å². The van der Waals surface area contributed by atoms with Crippen LogP contribution in [0.25, 0.3) is 0 Å². The molecule has 1 unspecified atom stereocenters. The predicted octanol–water partition coefficient (Wildman–Crippen LogP) is 2.98. The van der Waals surface area contributed by atoms with E-state index >= 15 is 0 Å². The van der Waals surface area contributed by atoms with E-state index < -0.39 is 0 Å². The zero-order valence-electron chi connectivity index (χ0n) is 13.2. The first-order valence-electron chi connectivity index (χ1n) is 8.19. The van der Waals surface area contributed by atoms with Gasteiger partial charge in [0.2, 0.25) is 0 Å². The SMILES string of the molecule is CCCc1cc(=O)[nH]c(SCC(NCC)C2CCCC2)n1. The Hall–Kier alpha value is -0.810. The summed E-state index contributed by atoms with van der Waals surface area (Å²) in [6.07, 6.45) is 7.27. The van der Waals surface area contributed by atoms with Gasteiger partial charge >= 0.3 is 0 Å². The van der Waals surface area contributed by atoms with Crippen molar-refractivity contribution in [3.8, 4) is 0 Å². The highest BCUT2D eigenvalue weighted by atomic mass is 32.2. The maximum absolute atomic E-state index is 11.7. The van der Waals surface area contributed by atoms with Gasteiger partial charge in [-0.3, -0.25) is 4.79 Å². The van der Waals surface area contributed by atoms with Crippen LogP contribution >= 0.6 is 11.8 Å². The number of nitrogens with zero attached hydrogens (tertiary/aromatic N) is 1. The lowest BCUT2D eigenvalue weighted by Gasteiger charge is -2.23. The van der Waals surface area contributed by atoms with Crippen LogP contribution in [-0.2, 0) is 6.42 Å². The Kier molecular flexibility index (Phi) is 6.77. The van der Waals surface area contributed by atoms with Gasteiger partial charge in [0, 0.05) is 23.6 Å². The number of nitrogens with one attached hydrogen (secondary N) is 2. The molecular weight excluding hydrogens is 282 g/mol. The third-order valence-electron chi connectivity index (χ3n) is 4.11. The summed E-state index contributed by atoms with van der Waals surface area (Å²) >= 11 is 1.68. The third kappa shape index (κ3) is 5.15. The van der Waals surface area contributed by atoms with E-state index in [0.717, 1.165) is 41.9 Å². The van der Waals surface area contributed by atoms with Crippen LogP contribution in [0.3, 0.4) is 0 Å². The molecule has 21 heavy (non-hydrogen) atoms. The molecule has 5 heteroatoms. The van der Waals surface area contributed by atoms with Crippen molar-refractivity contribution in [2.24, 2.45) is 5.92 Å². The summed E-state index contributed by atoms with van der Waals surface area (Å²) in [4.78, 5) is 19.1. The smallest absolute Gasteiger partial charge is 0.251 e. The maximum Gasteiger partial charge on any atom is 0.251 e. The summed E-state index contributed by atoms with van der Waals surface area (Å²) in [6.45, 7) is 5.27. The molecular formula is C16H27N3OS. The van der Waals surface area contributed by atoms with Gasteiger partial charge in [0.15, 0.2) is 5.16 Å². The van der Waals surface area contributed by atoms with Gasteiger partial charge in [0.05, 0.1) is 0 Å². The number of aryl methyl sites for hydroxylation is 1. The van der Waals surface area contributed by atoms with E-state index in [0.29, 0.717) is 6.04 Å². The monoisotopic (exact) mass is 309 g/mol. The van der Waals surface area contributed by atoms with Crippen LogP contribution in [0, 0.1) is 5.92 Å². The van der Waals surface area contributed by atoms with Crippen LogP contribution in [0.15, 0.2) is 16.0 Å². The molecule has 0 bridgehead atoms. The summed E-state index contributed by atoms with van der Waals surface area (Å²) in [5.41, 5.74) is 0.876. The molecule has 1 aromatic rings.